The number of carbonyl (C=O) groups excluding carboxylic acids is 1. The van der Waals surface area contributed by atoms with E-state index in [0.717, 1.165) is 6.42 Å². The first-order valence-corrected chi connectivity index (χ1v) is 6.29. The third-order valence-electron chi connectivity index (χ3n) is 2.20. The van der Waals surface area contributed by atoms with E-state index in [9.17, 15) is 13.2 Å². The maximum atomic E-state index is 11.3. The molecule has 0 aliphatic rings. The lowest BCUT2D eigenvalue weighted by atomic mass is 10.00. The molecule has 0 heterocycles. The van der Waals surface area contributed by atoms with Crippen LogP contribution in [0.5, 0.6) is 0 Å². The van der Waals surface area contributed by atoms with E-state index in [1.807, 2.05) is 18.6 Å². The van der Waals surface area contributed by atoms with Crippen molar-refractivity contribution in [1.29, 1.82) is 0 Å². The zero-order valence-electron chi connectivity index (χ0n) is 8.78. The van der Waals surface area contributed by atoms with Crippen LogP contribution in [0.2, 0.25) is 0 Å². The van der Waals surface area contributed by atoms with Gasteiger partial charge in [0.1, 0.15) is 0 Å². The predicted octanol–water partition coefficient (Wildman–Crippen LogP) is -0.174. The molecule has 1 unspecified atom stereocenters. The number of nitrogens with two attached hydrogens (primary N) is 1. The van der Waals surface area contributed by atoms with Gasteiger partial charge in [0, 0.05) is 0 Å². The third kappa shape index (κ3) is 4.06. The van der Waals surface area contributed by atoms with E-state index in [4.69, 9.17) is 5.73 Å². The second-order valence-corrected chi connectivity index (χ2v) is 5.29. The molecule has 0 aromatic heterocycles. The van der Waals surface area contributed by atoms with E-state index in [1.165, 1.54) is 6.92 Å². The Balaban J connectivity index is 4.36. The molecule has 0 bridgehead atoms. The standard InChI is InChI=1S/C8H18N2O3S/c1-4-6(3)7(9)8(11)10-14(12,13)5-2/h6-7H,4-5,9H2,1-3H3,(H,10,11)/t6?,7-/m0/s1. The Morgan fingerprint density at radius 3 is 2.29 bits per heavy atom. The Kier molecular flexibility index (Phi) is 5.07. The molecule has 0 saturated heterocycles. The van der Waals surface area contributed by atoms with E-state index in [-0.39, 0.29) is 11.7 Å². The Morgan fingerprint density at radius 2 is 1.93 bits per heavy atom. The quantitative estimate of drug-likeness (QED) is 0.675. The van der Waals surface area contributed by atoms with Crippen LogP contribution >= 0.6 is 0 Å². The molecule has 0 radical (unpaired) electrons. The summed E-state index contributed by atoms with van der Waals surface area (Å²) in [5.41, 5.74) is 5.56. The van der Waals surface area contributed by atoms with Crippen molar-refractivity contribution < 1.29 is 13.2 Å². The molecule has 0 aromatic carbocycles. The number of nitrogens with one attached hydrogen (secondary N) is 1. The Hall–Kier alpha value is -0.620. The van der Waals surface area contributed by atoms with Crippen LogP contribution in [0, 0.1) is 5.92 Å². The molecule has 5 nitrogen and oxygen atoms in total. The predicted molar refractivity (Wildman–Crippen MR) is 55.0 cm³/mol. The van der Waals surface area contributed by atoms with Crippen LogP contribution in [0.15, 0.2) is 0 Å². The van der Waals surface area contributed by atoms with Crippen LogP contribution in [0.25, 0.3) is 0 Å². The Bertz CT molecular complexity index is 287. The van der Waals surface area contributed by atoms with Crippen LogP contribution in [0.1, 0.15) is 27.2 Å². The van der Waals surface area contributed by atoms with E-state index >= 15 is 0 Å². The molecule has 14 heavy (non-hydrogen) atoms. The third-order valence-corrected chi connectivity index (χ3v) is 3.47. The lowest BCUT2D eigenvalue weighted by Gasteiger charge is -2.17. The highest BCUT2D eigenvalue weighted by atomic mass is 32.2. The van der Waals surface area contributed by atoms with E-state index in [2.05, 4.69) is 0 Å². The minimum Gasteiger partial charge on any atom is -0.320 e. The van der Waals surface area contributed by atoms with Gasteiger partial charge in [-0.25, -0.2) is 8.42 Å². The fourth-order valence-corrected chi connectivity index (χ4v) is 1.39. The molecule has 0 spiro atoms. The smallest absolute Gasteiger partial charge is 0.250 e. The summed E-state index contributed by atoms with van der Waals surface area (Å²) in [4.78, 5) is 11.3. The lowest BCUT2D eigenvalue weighted by Crippen LogP contribution is -2.47. The molecule has 1 amide bonds. The number of carbonyl (C=O) groups is 1. The highest BCUT2D eigenvalue weighted by molar-refractivity contribution is 7.90. The molecule has 0 saturated carbocycles. The van der Waals surface area contributed by atoms with Gasteiger partial charge in [0.2, 0.25) is 10.0 Å². The molecule has 2 atom stereocenters. The van der Waals surface area contributed by atoms with Gasteiger partial charge in [-0.2, -0.15) is 0 Å². The van der Waals surface area contributed by atoms with Crippen molar-refractivity contribution in [3.05, 3.63) is 0 Å². The molecule has 0 aromatic rings. The van der Waals surface area contributed by atoms with E-state index in [0.29, 0.717) is 0 Å². The number of amides is 1. The molecular formula is C8H18N2O3S. The molecule has 6 heteroatoms. The van der Waals surface area contributed by atoms with E-state index < -0.39 is 22.0 Å². The number of hydrogen-bond donors (Lipinski definition) is 2. The molecule has 0 fully saturated rings. The summed E-state index contributed by atoms with van der Waals surface area (Å²) in [6.07, 6.45) is 0.737. The summed E-state index contributed by atoms with van der Waals surface area (Å²) in [6.45, 7) is 5.17. The minimum absolute atomic E-state index is 0.0259. The first-order chi connectivity index (χ1) is 6.34. The zero-order valence-corrected chi connectivity index (χ0v) is 9.60. The van der Waals surface area contributed by atoms with Gasteiger partial charge in [0.15, 0.2) is 0 Å². The van der Waals surface area contributed by atoms with Crippen molar-refractivity contribution in [1.82, 2.24) is 4.72 Å². The van der Waals surface area contributed by atoms with Gasteiger partial charge in [-0.1, -0.05) is 20.3 Å². The van der Waals surface area contributed by atoms with Gasteiger partial charge in [0.25, 0.3) is 5.91 Å². The fourth-order valence-electron chi connectivity index (χ4n) is 0.806. The molecule has 0 aliphatic heterocycles. The molecular weight excluding hydrogens is 204 g/mol. The van der Waals surface area contributed by atoms with E-state index in [1.54, 1.807) is 0 Å². The van der Waals surface area contributed by atoms with Crippen molar-refractivity contribution in [2.45, 2.75) is 33.2 Å². The van der Waals surface area contributed by atoms with Crippen LogP contribution in [0.4, 0.5) is 0 Å². The van der Waals surface area contributed by atoms with Gasteiger partial charge in [-0.3, -0.25) is 9.52 Å². The monoisotopic (exact) mass is 222 g/mol. The average molecular weight is 222 g/mol. The summed E-state index contributed by atoms with van der Waals surface area (Å²) in [7, 11) is -3.49. The second kappa shape index (κ2) is 5.31. The van der Waals surface area contributed by atoms with Crippen molar-refractivity contribution in [3.8, 4) is 0 Å². The molecule has 84 valence electrons. The largest absolute Gasteiger partial charge is 0.320 e. The topological polar surface area (TPSA) is 89.3 Å². The first kappa shape index (κ1) is 13.4. The summed E-state index contributed by atoms with van der Waals surface area (Å²) in [6, 6.07) is -0.763. The van der Waals surface area contributed by atoms with Crippen molar-refractivity contribution in [2.24, 2.45) is 11.7 Å². The molecule has 0 rings (SSSR count). The summed E-state index contributed by atoms with van der Waals surface area (Å²) in [5.74, 6) is -0.769. The second-order valence-electron chi connectivity index (χ2n) is 3.28. The van der Waals surface area contributed by atoms with Crippen LogP contribution < -0.4 is 10.5 Å². The normalized spacial score (nSPS) is 16.0. The Morgan fingerprint density at radius 1 is 1.43 bits per heavy atom. The molecule has 0 aliphatic carbocycles. The Labute approximate surface area is 85.1 Å². The van der Waals surface area contributed by atoms with Crippen LogP contribution in [0.3, 0.4) is 0 Å². The molecule has 3 N–H and O–H groups in total. The van der Waals surface area contributed by atoms with Crippen LogP contribution in [-0.4, -0.2) is 26.1 Å². The number of hydrogen-bond acceptors (Lipinski definition) is 4. The number of sulfonamides is 1. The lowest BCUT2D eigenvalue weighted by molar-refractivity contribution is -0.121. The van der Waals surface area contributed by atoms with Gasteiger partial charge in [0.05, 0.1) is 11.8 Å². The summed E-state index contributed by atoms with van der Waals surface area (Å²) >= 11 is 0. The highest BCUT2D eigenvalue weighted by Crippen LogP contribution is 2.05. The summed E-state index contributed by atoms with van der Waals surface area (Å²) in [5, 5.41) is 0. The SMILES string of the molecule is CCC(C)[C@H](N)C(=O)NS(=O)(=O)CC. The van der Waals surface area contributed by atoms with Crippen molar-refractivity contribution >= 4 is 15.9 Å². The summed E-state index contributed by atoms with van der Waals surface area (Å²) < 4.78 is 24.0. The van der Waals surface area contributed by atoms with Crippen molar-refractivity contribution in [3.63, 3.8) is 0 Å². The fraction of sp³-hybridized carbons (Fsp3) is 0.875. The van der Waals surface area contributed by atoms with Crippen molar-refractivity contribution in [2.75, 3.05) is 5.75 Å². The average Bonchev–Trinajstić information content (AvgIpc) is 2.14. The first-order valence-electron chi connectivity index (χ1n) is 4.64. The maximum absolute atomic E-state index is 11.3. The maximum Gasteiger partial charge on any atom is 0.250 e. The van der Waals surface area contributed by atoms with Gasteiger partial charge in [-0.05, 0) is 12.8 Å². The number of rotatable bonds is 5. The minimum atomic E-state index is -3.49. The highest BCUT2D eigenvalue weighted by Gasteiger charge is 2.22. The van der Waals surface area contributed by atoms with Gasteiger partial charge in [-0.15, -0.1) is 0 Å². The zero-order chi connectivity index (χ0) is 11.4. The van der Waals surface area contributed by atoms with Gasteiger partial charge >= 0.3 is 0 Å². The van der Waals surface area contributed by atoms with Crippen LogP contribution in [-0.2, 0) is 14.8 Å². The van der Waals surface area contributed by atoms with Gasteiger partial charge < -0.3 is 5.73 Å².